The van der Waals surface area contributed by atoms with Crippen molar-refractivity contribution in [3.05, 3.63) is 65.7 Å². The van der Waals surface area contributed by atoms with E-state index in [0.717, 1.165) is 18.5 Å². The zero-order valence-electron chi connectivity index (χ0n) is 15.1. The van der Waals surface area contributed by atoms with E-state index in [2.05, 4.69) is 53.6 Å². The van der Waals surface area contributed by atoms with Crippen LogP contribution in [0.4, 0.5) is 5.69 Å². The maximum Gasteiger partial charge on any atom is 0.251 e. The molecule has 5 heteroatoms. The molecule has 1 N–H and O–H groups in total. The summed E-state index contributed by atoms with van der Waals surface area (Å²) >= 11 is 0. The number of halogens is 1. The summed E-state index contributed by atoms with van der Waals surface area (Å²) in [6.07, 6.45) is 4.35. The number of benzene rings is 2. The van der Waals surface area contributed by atoms with Crippen LogP contribution in [0.5, 0.6) is 0 Å². The minimum absolute atomic E-state index is 0. The van der Waals surface area contributed by atoms with Gasteiger partial charge in [-0.3, -0.25) is 9.69 Å². The largest absolute Gasteiger partial charge is 1.00 e. The van der Waals surface area contributed by atoms with E-state index in [0.29, 0.717) is 12.5 Å². The van der Waals surface area contributed by atoms with Gasteiger partial charge in [-0.2, -0.15) is 0 Å². The summed E-state index contributed by atoms with van der Waals surface area (Å²) in [4.78, 5) is 18.2. The lowest BCUT2D eigenvalue weighted by Crippen LogP contribution is -3.00. The van der Waals surface area contributed by atoms with Gasteiger partial charge in [-0.15, -0.1) is 0 Å². The SMILES string of the molecule is CCCCc1ccc(NC2=NCC(=O)N2CCc2ccccc2)cc1.[Cl-]. The van der Waals surface area contributed by atoms with Crippen molar-refractivity contribution in [2.24, 2.45) is 4.99 Å². The first kappa shape index (κ1) is 20.0. The fraction of sp³-hybridized carbons (Fsp3) is 0.333. The first-order chi connectivity index (χ1) is 12.3. The van der Waals surface area contributed by atoms with Crippen molar-refractivity contribution >= 4 is 17.6 Å². The van der Waals surface area contributed by atoms with E-state index in [4.69, 9.17) is 0 Å². The maximum absolute atomic E-state index is 12.1. The number of rotatable bonds is 7. The maximum atomic E-state index is 12.1. The monoisotopic (exact) mass is 370 g/mol. The molecule has 0 fully saturated rings. The lowest BCUT2D eigenvalue weighted by atomic mass is 10.1. The van der Waals surface area contributed by atoms with Crippen LogP contribution in [0.3, 0.4) is 0 Å². The topological polar surface area (TPSA) is 44.7 Å². The molecule has 2 aromatic carbocycles. The van der Waals surface area contributed by atoms with Crippen molar-refractivity contribution in [3.8, 4) is 0 Å². The van der Waals surface area contributed by atoms with Gasteiger partial charge >= 0.3 is 0 Å². The van der Waals surface area contributed by atoms with Gasteiger partial charge in [0.15, 0.2) is 0 Å². The van der Waals surface area contributed by atoms with E-state index in [9.17, 15) is 4.79 Å². The number of aryl methyl sites for hydroxylation is 1. The molecule has 1 amide bonds. The Morgan fingerprint density at radius 2 is 1.69 bits per heavy atom. The molecule has 0 unspecified atom stereocenters. The molecular weight excluding hydrogens is 346 g/mol. The number of anilines is 1. The predicted molar refractivity (Wildman–Crippen MR) is 103 cm³/mol. The molecule has 138 valence electrons. The Morgan fingerprint density at radius 3 is 2.38 bits per heavy atom. The lowest BCUT2D eigenvalue weighted by molar-refractivity contribution is -0.124. The van der Waals surface area contributed by atoms with E-state index in [1.807, 2.05) is 18.2 Å². The van der Waals surface area contributed by atoms with Crippen LogP contribution in [0.25, 0.3) is 0 Å². The van der Waals surface area contributed by atoms with Gasteiger partial charge in [-0.1, -0.05) is 55.8 Å². The molecule has 0 saturated heterocycles. The first-order valence-corrected chi connectivity index (χ1v) is 9.01. The van der Waals surface area contributed by atoms with Crippen molar-refractivity contribution in [2.75, 3.05) is 18.4 Å². The second kappa shape index (κ2) is 9.97. The number of carbonyl (C=O) groups is 1. The number of nitrogens with zero attached hydrogens (tertiary/aromatic N) is 2. The molecule has 1 aliphatic rings. The summed E-state index contributed by atoms with van der Waals surface area (Å²) < 4.78 is 0. The number of guanidine groups is 1. The number of carbonyl (C=O) groups excluding carboxylic acids is 1. The fourth-order valence-electron chi connectivity index (χ4n) is 2.92. The van der Waals surface area contributed by atoms with Gasteiger partial charge in [-0.05, 0) is 42.5 Å². The van der Waals surface area contributed by atoms with Crippen LogP contribution in [0, 0.1) is 0 Å². The molecule has 0 spiro atoms. The Hall–Kier alpha value is -2.33. The van der Waals surface area contributed by atoms with Crippen molar-refractivity contribution in [3.63, 3.8) is 0 Å². The zero-order valence-corrected chi connectivity index (χ0v) is 15.9. The Kier molecular flexibility index (Phi) is 7.67. The predicted octanol–water partition coefficient (Wildman–Crippen LogP) is 0.886. The van der Waals surface area contributed by atoms with Gasteiger partial charge in [0.25, 0.3) is 5.91 Å². The molecule has 2 aromatic rings. The molecule has 0 aromatic heterocycles. The van der Waals surface area contributed by atoms with Gasteiger partial charge in [0.05, 0.1) is 0 Å². The van der Waals surface area contributed by atoms with Crippen LogP contribution in [0.15, 0.2) is 59.6 Å². The molecule has 1 heterocycles. The van der Waals surface area contributed by atoms with Crippen LogP contribution < -0.4 is 17.7 Å². The van der Waals surface area contributed by atoms with Crippen molar-refractivity contribution in [1.29, 1.82) is 0 Å². The van der Waals surface area contributed by atoms with Crippen molar-refractivity contribution < 1.29 is 17.2 Å². The molecule has 1 aliphatic heterocycles. The van der Waals surface area contributed by atoms with Crippen LogP contribution in [0.2, 0.25) is 0 Å². The Morgan fingerprint density at radius 1 is 1.00 bits per heavy atom. The molecular formula is C21H25ClN3O-. The third-order valence-electron chi connectivity index (χ3n) is 4.42. The smallest absolute Gasteiger partial charge is 0.251 e. The average Bonchev–Trinajstić information content (AvgIpc) is 3.00. The number of unbranched alkanes of at least 4 members (excludes halogenated alkanes) is 1. The van der Waals surface area contributed by atoms with E-state index in [1.165, 1.54) is 24.0 Å². The molecule has 0 aliphatic carbocycles. The highest BCUT2D eigenvalue weighted by Gasteiger charge is 2.25. The number of aliphatic imine (C=N–C) groups is 1. The lowest BCUT2D eigenvalue weighted by Gasteiger charge is -2.19. The van der Waals surface area contributed by atoms with E-state index < -0.39 is 0 Å². The average molecular weight is 371 g/mol. The van der Waals surface area contributed by atoms with Gasteiger partial charge < -0.3 is 17.7 Å². The summed E-state index contributed by atoms with van der Waals surface area (Å²) in [5.41, 5.74) is 3.54. The third kappa shape index (κ3) is 5.33. The minimum Gasteiger partial charge on any atom is -1.00 e. The highest BCUT2D eigenvalue weighted by Crippen LogP contribution is 2.15. The standard InChI is InChI=1S/C21H25N3O.ClH/c1-2-3-7-18-10-12-19(13-11-18)23-21-22-16-20(25)24(21)15-14-17-8-5-4-6-9-17;/h4-6,8-13H,2-3,7,14-16H2,1H3,(H,22,23);1H/p-1. The van der Waals surface area contributed by atoms with Crippen molar-refractivity contribution in [1.82, 2.24) is 4.90 Å². The molecule has 0 radical (unpaired) electrons. The van der Waals surface area contributed by atoms with Gasteiger partial charge in [0.2, 0.25) is 5.96 Å². The third-order valence-corrected chi connectivity index (χ3v) is 4.42. The van der Waals surface area contributed by atoms with Crippen LogP contribution in [-0.2, 0) is 17.6 Å². The second-order valence-corrected chi connectivity index (χ2v) is 6.35. The Labute approximate surface area is 161 Å². The normalized spacial score (nSPS) is 13.3. The first-order valence-electron chi connectivity index (χ1n) is 9.01. The molecule has 3 rings (SSSR count). The molecule has 26 heavy (non-hydrogen) atoms. The van der Waals surface area contributed by atoms with Crippen LogP contribution in [0.1, 0.15) is 30.9 Å². The van der Waals surface area contributed by atoms with E-state index >= 15 is 0 Å². The molecule has 4 nitrogen and oxygen atoms in total. The highest BCUT2D eigenvalue weighted by molar-refractivity contribution is 6.08. The van der Waals surface area contributed by atoms with E-state index in [1.54, 1.807) is 4.90 Å². The van der Waals surface area contributed by atoms with Gasteiger partial charge in [0.1, 0.15) is 6.54 Å². The quantitative estimate of drug-likeness (QED) is 0.786. The molecule has 0 atom stereocenters. The van der Waals surface area contributed by atoms with Crippen LogP contribution >= 0.6 is 0 Å². The highest BCUT2D eigenvalue weighted by atomic mass is 35.5. The van der Waals surface area contributed by atoms with Gasteiger partial charge in [-0.25, -0.2) is 4.99 Å². The minimum atomic E-state index is 0. The molecule has 0 bridgehead atoms. The summed E-state index contributed by atoms with van der Waals surface area (Å²) in [6.45, 7) is 3.07. The Balaban J connectivity index is 0.00000243. The summed E-state index contributed by atoms with van der Waals surface area (Å²) in [7, 11) is 0. The second-order valence-electron chi connectivity index (χ2n) is 6.35. The summed E-state index contributed by atoms with van der Waals surface area (Å²) in [6, 6.07) is 18.6. The van der Waals surface area contributed by atoms with Gasteiger partial charge in [0, 0.05) is 12.2 Å². The number of hydrogen-bond acceptors (Lipinski definition) is 3. The van der Waals surface area contributed by atoms with Crippen molar-refractivity contribution in [2.45, 2.75) is 32.6 Å². The number of amides is 1. The zero-order chi connectivity index (χ0) is 17.5. The number of nitrogens with one attached hydrogen (secondary N) is 1. The van der Waals surface area contributed by atoms with E-state index in [-0.39, 0.29) is 24.9 Å². The van der Waals surface area contributed by atoms with Crippen LogP contribution in [-0.4, -0.2) is 29.9 Å². The summed E-state index contributed by atoms with van der Waals surface area (Å²) in [5.74, 6) is 0.709. The summed E-state index contributed by atoms with van der Waals surface area (Å²) in [5, 5.41) is 3.30. The molecule has 0 saturated carbocycles. The Bertz CT molecular complexity index is 729. The fourth-order valence-corrected chi connectivity index (χ4v) is 2.92. The number of hydrogen-bond donors (Lipinski definition) is 1.